The van der Waals surface area contributed by atoms with Gasteiger partial charge in [0.25, 0.3) is 5.95 Å². The average molecular weight is 377 g/mol. The molecule has 0 amide bonds. The number of rotatable bonds is 4. The minimum Gasteiger partial charge on any atom is -0.507 e. The fourth-order valence-corrected chi connectivity index (χ4v) is 2.81. The van der Waals surface area contributed by atoms with Gasteiger partial charge in [-0.25, -0.2) is 9.97 Å². The number of ether oxygens (including phenoxy) is 1. The van der Waals surface area contributed by atoms with Gasteiger partial charge in [-0.2, -0.15) is 4.99 Å². The van der Waals surface area contributed by atoms with E-state index in [1.54, 1.807) is 38.4 Å². The summed E-state index contributed by atoms with van der Waals surface area (Å²) in [7, 11) is 5.14. The second kappa shape index (κ2) is 7.96. The summed E-state index contributed by atoms with van der Waals surface area (Å²) in [6.45, 7) is 1.89. The van der Waals surface area contributed by atoms with Gasteiger partial charge in [0.2, 0.25) is 0 Å². The lowest BCUT2D eigenvalue weighted by molar-refractivity contribution is 0.407. The summed E-state index contributed by atoms with van der Waals surface area (Å²) < 4.78 is 5.25. The Labute approximate surface area is 164 Å². The van der Waals surface area contributed by atoms with Crippen molar-refractivity contribution in [2.45, 2.75) is 6.92 Å². The van der Waals surface area contributed by atoms with Crippen LogP contribution in [0.25, 0.3) is 22.4 Å². The summed E-state index contributed by atoms with van der Waals surface area (Å²) >= 11 is 0. The molecule has 1 heterocycles. The molecule has 3 N–H and O–H groups in total. The molecular weight excluding hydrogens is 354 g/mol. The van der Waals surface area contributed by atoms with Crippen molar-refractivity contribution in [1.82, 2.24) is 14.9 Å². The zero-order chi connectivity index (χ0) is 20.3. The predicted molar refractivity (Wildman–Crippen MR) is 111 cm³/mol. The van der Waals surface area contributed by atoms with E-state index < -0.39 is 0 Å². The number of benzene rings is 2. The van der Waals surface area contributed by atoms with Gasteiger partial charge in [0.1, 0.15) is 11.5 Å². The van der Waals surface area contributed by atoms with Crippen LogP contribution in [0.1, 0.15) is 5.56 Å². The zero-order valence-electron chi connectivity index (χ0n) is 16.3. The molecule has 3 rings (SSSR count). The molecule has 0 atom stereocenters. The summed E-state index contributed by atoms with van der Waals surface area (Å²) in [4.78, 5) is 14.9. The molecule has 7 nitrogen and oxygen atoms in total. The summed E-state index contributed by atoms with van der Waals surface area (Å²) in [5.41, 5.74) is 9.63. The fraction of sp³-hybridized carbons (Fsp3) is 0.190. The lowest BCUT2D eigenvalue weighted by Crippen LogP contribution is -2.30. The monoisotopic (exact) mass is 377 g/mol. The van der Waals surface area contributed by atoms with Gasteiger partial charge in [-0.1, -0.05) is 30.3 Å². The highest BCUT2D eigenvalue weighted by atomic mass is 16.5. The third-order valence-electron chi connectivity index (χ3n) is 4.29. The maximum Gasteiger partial charge on any atom is 0.253 e. The first-order valence-corrected chi connectivity index (χ1v) is 8.72. The van der Waals surface area contributed by atoms with Gasteiger partial charge < -0.3 is 20.5 Å². The quantitative estimate of drug-likeness (QED) is 0.535. The molecule has 0 aliphatic rings. The van der Waals surface area contributed by atoms with Gasteiger partial charge in [0.15, 0.2) is 5.96 Å². The van der Waals surface area contributed by atoms with E-state index in [-0.39, 0.29) is 17.7 Å². The summed E-state index contributed by atoms with van der Waals surface area (Å²) in [5.74, 6) is 1.15. The molecule has 0 saturated heterocycles. The van der Waals surface area contributed by atoms with E-state index in [4.69, 9.17) is 10.5 Å². The van der Waals surface area contributed by atoms with Crippen LogP contribution in [0.5, 0.6) is 11.5 Å². The molecule has 2 aromatic carbocycles. The van der Waals surface area contributed by atoms with E-state index in [1.807, 2.05) is 43.3 Å². The van der Waals surface area contributed by atoms with Gasteiger partial charge >= 0.3 is 0 Å². The number of hydrogen-bond donors (Lipinski definition) is 2. The molecule has 3 aromatic rings. The molecule has 0 saturated carbocycles. The molecule has 0 unspecified atom stereocenters. The van der Waals surface area contributed by atoms with E-state index in [1.165, 1.54) is 0 Å². The van der Waals surface area contributed by atoms with E-state index in [0.29, 0.717) is 17.0 Å². The first-order valence-electron chi connectivity index (χ1n) is 8.72. The molecular formula is C21H23N5O2. The summed E-state index contributed by atoms with van der Waals surface area (Å²) in [6, 6.07) is 13.2. The van der Waals surface area contributed by atoms with E-state index in [2.05, 4.69) is 15.0 Å². The number of aromatic nitrogens is 2. The minimum absolute atomic E-state index is 0.0724. The van der Waals surface area contributed by atoms with Crippen LogP contribution in [0.4, 0.5) is 5.95 Å². The smallest absolute Gasteiger partial charge is 0.253 e. The molecule has 28 heavy (non-hydrogen) atoms. The molecule has 0 fully saturated rings. The Kier molecular flexibility index (Phi) is 5.44. The number of aromatic hydroxyl groups is 1. The van der Waals surface area contributed by atoms with Crippen molar-refractivity contribution in [3.05, 3.63) is 54.2 Å². The third kappa shape index (κ3) is 3.88. The Bertz CT molecular complexity index is 994. The van der Waals surface area contributed by atoms with Crippen molar-refractivity contribution < 1.29 is 9.84 Å². The molecule has 144 valence electrons. The number of guanidine groups is 1. The second-order valence-corrected chi connectivity index (χ2v) is 6.50. The Morgan fingerprint density at radius 1 is 1.18 bits per heavy atom. The largest absolute Gasteiger partial charge is 0.507 e. The number of methoxy groups -OCH3 is 1. The standard InChI is InChI=1S/C21H23N5O2/c1-13-10-15(28-4)11-17(27)18(13)19-16(14-8-6-5-7-9-14)12-23-21(24-19)25-20(22)26(2)3/h5-12,27H,1-4H3,(H2,22,23,24,25). The van der Waals surface area contributed by atoms with Crippen LogP contribution >= 0.6 is 0 Å². The topological polar surface area (TPSA) is 96.9 Å². The van der Waals surface area contributed by atoms with Gasteiger partial charge in [-0.05, 0) is 24.1 Å². The maximum absolute atomic E-state index is 10.7. The molecule has 0 aliphatic heterocycles. The van der Waals surface area contributed by atoms with Crippen molar-refractivity contribution in [3.63, 3.8) is 0 Å². The number of hydrogen-bond acceptors (Lipinski definition) is 5. The normalized spacial score (nSPS) is 11.4. The van der Waals surface area contributed by atoms with E-state index >= 15 is 0 Å². The van der Waals surface area contributed by atoms with Crippen molar-refractivity contribution in [3.8, 4) is 33.9 Å². The Morgan fingerprint density at radius 3 is 2.50 bits per heavy atom. The number of phenolic OH excluding ortho intramolecular Hbond substituents is 1. The third-order valence-corrected chi connectivity index (χ3v) is 4.29. The highest BCUT2D eigenvalue weighted by Crippen LogP contribution is 2.40. The van der Waals surface area contributed by atoms with Gasteiger partial charge in [0.05, 0.1) is 12.8 Å². The Balaban J connectivity index is 2.26. The number of aryl methyl sites for hydroxylation is 1. The molecule has 0 spiro atoms. The zero-order valence-corrected chi connectivity index (χ0v) is 16.3. The van der Waals surface area contributed by atoms with Crippen molar-refractivity contribution >= 4 is 11.9 Å². The molecule has 0 radical (unpaired) electrons. The number of phenols is 1. The summed E-state index contributed by atoms with van der Waals surface area (Å²) in [6.07, 6.45) is 1.70. The SMILES string of the molecule is COc1cc(C)c(-c2nc(/N=C(\N)N(C)C)ncc2-c2ccccc2)c(O)c1. The van der Waals surface area contributed by atoms with Crippen LogP contribution in [-0.2, 0) is 0 Å². The molecule has 0 bridgehead atoms. The Morgan fingerprint density at radius 2 is 1.89 bits per heavy atom. The van der Waals surface area contributed by atoms with Gasteiger partial charge in [0, 0.05) is 37.5 Å². The first-order chi connectivity index (χ1) is 13.4. The van der Waals surface area contributed by atoms with Gasteiger partial charge in [-0.15, -0.1) is 0 Å². The van der Waals surface area contributed by atoms with E-state index in [0.717, 1.165) is 16.7 Å². The van der Waals surface area contributed by atoms with Gasteiger partial charge in [-0.3, -0.25) is 0 Å². The lowest BCUT2D eigenvalue weighted by atomic mass is 9.97. The molecule has 1 aromatic heterocycles. The van der Waals surface area contributed by atoms with Crippen molar-refractivity contribution in [1.29, 1.82) is 0 Å². The van der Waals surface area contributed by atoms with Crippen LogP contribution in [0.15, 0.2) is 53.7 Å². The number of aliphatic imine (C=N–C) groups is 1. The highest BCUT2D eigenvalue weighted by molar-refractivity contribution is 5.86. The van der Waals surface area contributed by atoms with Crippen LogP contribution < -0.4 is 10.5 Å². The second-order valence-electron chi connectivity index (χ2n) is 6.50. The fourth-order valence-electron chi connectivity index (χ4n) is 2.81. The molecule has 0 aliphatic carbocycles. The van der Waals surface area contributed by atoms with Crippen LogP contribution in [0.3, 0.4) is 0 Å². The van der Waals surface area contributed by atoms with Crippen molar-refractivity contribution in [2.75, 3.05) is 21.2 Å². The summed E-state index contributed by atoms with van der Waals surface area (Å²) in [5, 5.41) is 10.7. The minimum atomic E-state index is 0.0724. The number of nitrogens with zero attached hydrogens (tertiary/aromatic N) is 4. The van der Waals surface area contributed by atoms with Crippen LogP contribution in [-0.4, -0.2) is 47.1 Å². The average Bonchev–Trinajstić information content (AvgIpc) is 2.68. The lowest BCUT2D eigenvalue weighted by Gasteiger charge is -2.15. The number of nitrogens with two attached hydrogens (primary N) is 1. The first kappa shape index (κ1) is 19.2. The van der Waals surface area contributed by atoms with Crippen LogP contribution in [0.2, 0.25) is 0 Å². The highest BCUT2D eigenvalue weighted by Gasteiger charge is 2.18. The molecule has 7 heteroatoms. The predicted octanol–water partition coefficient (Wildman–Crippen LogP) is 3.34. The van der Waals surface area contributed by atoms with E-state index in [9.17, 15) is 5.11 Å². The van der Waals surface area contributed by atoms with Crippen molar-refractivity contribution in [2.24, 2.45) is 10.7 Å². The van der Waals surface area contributed by atoms with Crippen LogP contribution in [0, 0.1) is 6.92 Å². The maximum atomic E-state index is 10.7. The Hall–Kier alpha value is -3.61.